The highest BCUT2D eigenvalue weighted by molar-refractivity contribution is 8.00. The van der Waals surface area contributed by atoms with Gasteiger partial charge in [-0.3, -0.25) is 14.5 Å². The smallest absolute Gasteiger partial charge is 0.333 e. The standard InChI is InChI=1S/C27H43N3O4S/c1-10-34-26(33)20(4)16-17-29(8)24(32)23(27(5,6)7)28-22(31)18-30(9)25(35-19(2)3)21-14-12-11-13-15-21/h11-16,19,23,25H,10,17-18H2,1-9H3,(H,28,31)/b20-16+/t23?,25-/m1/s1. The summed E-state index contributed by atoms with van der Waals surface area (Å²) in [4.78, 5) is 41.7. The zero-order valence-electron chi connectivity index (χ0n) is 22.8. The van der Waals surface area contributed by atoms with Gasteiger partial charge in [0.25, 0.3) is 0 Å². The number of rotatable bonds is 12. The van der Waals surface area contributed by atoms with Crippen molar-refractivity contribution in [2.75, 3.05) is 33.8 Å². The Hall–Kier alpha value is -2.32. The summed E-state index contributed by atoms with van der Waals surface area (Å²) in [6.07, 6.45) is 1.67. The number of nitrogens with one attached hydrogen (secondary N) is 1. The van der Waals surface area contributed by atoms with Crippen LogP contribution in [0.3, 0.4) is 0 Å². The number of benzene rings is 1. The number of thioether (sulfide) groups is 1. The molecule has 0 heterocycles. The molecule has 0 bridgehead atoms. The Labute approximate surface area is 215 Å². The number of amides is 2. The Morgan fingerprint density at radius 3 is 2.23 bits per heavy atom. The van der Waals surface area contributed by atoms with Gasteiger partial charge in [0.1, 0.15) is 6.04 Å². The van der Waals surface area contributed by atoms with Gasteiger partial charge in [0.05, 0.1) is 18.5 Å². The summed E-state index contributed by atoms with van der Waals surface area (Å²) >= 11 is 1.78. The first-order chi connectivity index (χ1) is 16.3. The Balaban J connectivity index is 2.92. The lowest BCUT2D eigenvalue weighted by Gasteiger charge is -2.34. The first-order valence-electron chi connectivity index (χ1n) is 12.1. The van der Waals surface area contributed by atoms with Gasteiger partial charge in [-0.25, -0.2) is 4.79 Å². The molecule has 8 heteroatoms. The van der Waals surface area contributed by atoms with Crippen molar-refractivity contribution in [3.8, 4) is 0 Å². The molecule has 0 saturated carbocycles. The van der Waals surface area contributed by atoms with Crippen LogP contribution >= 0.6 is 11.8 Å². The number of hydrogen-bond acceptors (Lipinski definition) is 6. The number of carbonyl (C=O) groups is 3. The van der Waals surface area contributed by atoms with Crippen molar-refractivity contribution in [3.05, 3.63) is 47.5 Å². The molecule has 1 aromatic carbocycles. The number of carbonyl (C=O) groups excluding carboxylic acids is 3. The third kappa shape index (κ3) is 10.4. The summed E-state index contributed by atoms with van der Waals surface area (Å²) in [5.41, 5.74) is 1.08. The molecule has 0 aliphatic heterocycles. The molecule has 0 aromatic heterocycles. The average molecular weight is 506 g/mol. The molecule has 2 amide bonds. The molecule has 1 rings (SSSR count). The minimum atomic E-state index is -0.711. The lowest BCUT2D eigenvalue weighted by atomic mass is 9.85. The van der Waals surface area contributed by atoms with Gasteiger partial charge in [0.15, 0.2) is 0 Å². The van der Waals surface area contributed by atoms with E-state index in [1.54, 1.807) is 38.7 Å². The molecular formula is C27H43N3O4S. The second-order valence-electron chi connectivity index (χ2n) is 10.1. The average Bonchev–Trinajstić information content (AvgIpc) is 2.78. The van der Waals surface area contributed by atoms with Crippen molar-refractivity contribution >= 4 is 29.5 Å². The van der Waals surface area contributed by atoms with E-state index >= 15 is 0 Å². The lowest BCUT2D eigenvalue weighted by Crippen LogP contribution is -2.55. The Morgan fingerprint density at radius 1 is 1.11 bits per heavy atom. The van der Waals surface area contributed by atoms with Crippen LogP contribution in [0.5, 0.6) is 0 Å². The van der Waals surface area contributed by atoms with Crippen LogP contribution in [0.1, 0.15) is 59.4 Å². The highest BCUT2D eigenvalue weighted by Gasteiger charge is 2.35. The van der Waals surface area contributed by atoms with Gasteiger partial charge < -0.3 is 15.0 Å². The molecule has 0 saturated heterocycles. The largest absolute Gasteiger partial charge is 0.463 e. The van der Waals surface area contributed by atoms with E-state index in [-0.39, 0.29) is 30.3 Å². The van der Waals surface area contributed by atoms with Crippen LogP contribution in [-0.4, -0.2) is 72.7 Å². The van der Waals surface area contributed by atoms with Gasteiger partial charge in [-0.05, 0) is 31.9 Å². The maximum atomic E-state index is 13.3. The van der Waals surface area contributed by atoms with E-state index in [4.69, 9.17) is 4.74 Å². The van der Waals surface area contributed by atoms with Crippen LogP contribution in [0.15, 0.2) is 42.0 Å². The Morgan fingerprint density at radius 2 is 1.71 bits per heavy atom. The zero-order chi connectivity index (χ0) is 26.8. The second kappa shape index (κ2) is 14.3. The van der Waals surface area contributed by atoms with Gasteiger partial charge in [-0.2, -0.15) is 0 Å². The maximum Gasteiger partial charge on any atom is 0.333 e. The molecule has 1 aromatic rings. The number of hydrogen-bond donors (Lipinski definition) is 1. The van der Waals surface area contributed by atoms with Crippen molar-refractivity contribution in [2.24, 2.45) is 5.41 Å². The third-order valence-corrected chi connectivity index (χ3v) is 6.78. The minimum absolute atomic E-state index is 0.0180. The van der Waals surface area contributed by atoms with Gasteiger partial charge in [-0.1, -0.05) is 71.0 Å². The molecule has 0 spiro atoms. The molecule has 0 radical (unpaired) electrons. The fraction of sp³-hybridized carbons (Fsp3) is 0.593. The SMILES string of the molecule is CCOC(=O)/C(C)=C/CN(C)C(=O)C(NC(=O)CN(C)[C@H](SC(C)C)c1ccccc1)C(C)(C)C. The summed E-state index contributed by atoms with van der Waals surface area (Å²) in [6.45, 7) is 14.2. The maximum absolute atomic E-state index is 13.3. The Kier molecular flexibility index (Phi) is 12.5. The molecule has 35 heavy (non-hydrogen) atoms. The van der Waals surface area contributed by atoms with Crippen molar-refractivity contribution < 1.29 is 19.1 Å². The highest BCUT2D eigenvalue weighted by atomic mass is 32.2. The molecule has 2 atom stereocenters. The van der Waals surface area contributed by atoms with Crippen LogP contribution in [-0.2, 0) is 19.1 Å². The summed E-state index contributed by atoms with van der Waals surface area (Å²) in [5, 5.41) is 3.37. The van der Waals surface area contributed by atoms with Crippen LogP contribution in [0.25, 0.3) is 0 Å². The van der Waals surface area contributed by atoms with Crippen LogP contribution < -0.4 is 5.32 Å². The molecule has 1 N–H and O–H groups in total. The van der Waals surface area contributed by atoms with Crippen molar-refractivity contribution in [2.45, 2.75) is 65.1 Å². The predicted octanol–water partition coefficient (Wildman–Crippen LogP) is 4.26. The van der Waals surface area contributed by atoms with E-state index in [1.807, 2.05) is 50.9 Å². The predicted molar refractivity (Wildman–Crippen MR) is 144 cm³/mol. The number of esters is 1. The molecular weight excluding hydrogens is 462 g/mol. The fourth-order valence-corrected chi connectivity index (χ4v) is 4.50. The van der Waals surface area contributed by atoms with E-state index < -0.39 is 17.4 Å². The van der Waals surface area contributed by atoms with Gasteiger partial charge in [0, 0.05) is 24.4 Å². The lowest BCUT2D eigenvalue weighted by molar-refractivity contribution is -0.139. The van der Waals surface area contributed by atoms with Crippen LogP contribution in [0.2, 0.25) is 0 Å². The molecule has 0 aliphatic rings. The summed E-state index contributed by atoms with van der Waals surface area (Å²) in [6, 6.07) is 9.40. The summed E-state index contributed by atoms with van der Waals surface area (Å²) in [5.74, 6) is -0.820. The Bertz CT molecular complexity index is 865. The van der Waals surface area contributed by atoms with Crippen molar-refractivity contribution in [3.63, 3.8) is 0 Å². The molecule has 0 aliphatic carbocycles. The van der Waals surface area contributed by atoms with E-state index in [0.717, 1.165) is 5.56 Å². The summed E-state index contributed by atoms with van der Waals surface area (Å²) in [7, 11) is 3.59. The van der Waals surface area contributed by atoms with E-state index in [1.165, 1.54) is 4.90 Å². The van der Waals surface area contributed by atoms with Crippen molar-refractivity contribution in [1.82, 2.24) is 15.1 Å². The van der Waals surface area contributed by atoms with E-state index in [0.29, 0.717) is 17.4 Å². The van der Waals surface area contributed by atoms with E-state index in [9.17, 15) is 14.4 Å². The minimum Gasteiger partial charge on any atom is -0.463 e. The fourth-order valence-electron chi connectivity index (χ4n) is 3.39. The van der Waals surface area contributed by atoms with Gasteiger partial charge >= 0.3 is 5.97 Å². The third-order valence-electron chi connectivity index (χ3n) is 5.34. The van der Waals surface area contributed by atoms with Gasteiger partial charge in [0.2, 0.25) is 11.8 Å². The monoisotopic (exact) mass is 505 g/mol. The van der Waals surface area contributed by atoms with Crippen molar-refractivity contribution in [1.29, 1.82) is 0 Å². The second-order valence-corrected chi connectivity index (χ2v) is 11.7. The first-order valence-corrected chi connectivity index (χ1v) is 13.0. The number of nitrogens with zero attached hydrogens (tertiary/aromatic N) is 2. The molecule has 7 nitrogen and oxygen atoms in total. The molecule has 1 unspecified atom stereocenters. The number of ether oxygens (including phenoxy) is 1. The highest BCUT2D eigenvalue weighted by Crippen LogP contribution is 2.34. The summed E-state index contributed by atoms with van der Waals surface area (Å²) < 4.78 is 4.99. The zero-order valence-corrected chi connectivity index (χ0v) is 23.6. The quantitative estimate of drug-likeness (QED) is 0.260. The molecule has 196 valence electrons. The van der Waals surface area contributed by atoms with E-state index in [2.05, 4.69) is 31.3 Å². The molecule has 0 fully saturated rings. The van der Waals surface area contributed by atoms with Crippen LogP contribution in [0.4, 0.5) is 0 Å². The number of likely N-dealkylation sites (N-methyl/N-ethyl adjacent to an activating group) is 2. The normalized spacial score (nSPS) is 14.0. The topological polar surface area (TPSA) is 79.0 Å². The first kappa shape index (κ1) is 30.7. The van der Waals surface area contributed by atoms with Crippen LogP contribution in [0, 0.1) is 5.41 Å². The van der Waals surface area contributed by atoms with Gasteiger partial charge in [-0.15, -0.1) is 11.8 Å².